The average molecular weight is 413 g/mol. The van der Waals surface area contributed by atoms with Gasteiger partial charge in [0.15, 0.2) is 0 Å². The van der Waals surface area contributed by atoms with E-state index >= 15 is 0 Å². The maximum absolute atomic E-state index is 12.5. The second kappa shape index (κ2) is 8.95. The number of rotatable bonds is 6. The highest BCUT2D eigenvalue weighted by Crippen LogP contribution is 2.24. The van der Waals surface area contributed by atoms with Crippen LogP contribution in [0.4, 0.5) is 11.4 Å². The van der Waals surface area contributed by atoms with Gasteiger partial charge < -0.3 is 10.6 Å². The van der Waals surface area contributed by atoms with E-state index in [2.05, 4.69) is 31.0 Å². The van der Waals surface area contributed by atoms with Crippen molar-refractivity contribution in [2.24, 2.45) is 0 Å². The van der Waals surface area contributed by atoms with Gasteiger partial charge in [-0.15, -0.1) is 10.2 Å². The molecule has 4 aromatic rings. The predicted octanol–water partition coefficient (Wildman–Crippen LogP) is 2.93. The monoisotopic (exact) mass is 413 g/mol. The van der Waals surface area contributed by atoms with Crippen LogP contribution in [-0.4, -0.2) is 37.0 Å². The van der Waals surface area contributed by atoms with E-state index < -0.39 is 0 Å². The van der Waals surface area contributed by atoms with Crippen LogP contribution in [0, 0.1) is 6.92 Å². The van der Waals surface area contributed by atoms with Crippen LogP contribution in [0.1, 0.15) is 15.9 Å². The largest absolute Gasteiger partial charge is 0.324 e. The maximum Gasteiger partial charge on any atom is 0.257 e. The highest BCUT2D eigenvalue weighted by atomic mass is 16.2. The summed E-state index contributed by atoms with van der Waals surface area (Å²) in [4.78, 5) is 29.9. The number of carbonyl (C=O) groups excluding carboxylic acids is 2. The Labute approximate surface area is 178 Å². The number of nitrogens with zero attached hydrogens (tertiary/aromatic N) is 5. The number of hydrogen-bond donors (Lipinski definition) is 2. The number of nitrogens with one attached hydrogen (secondary N) is 2. The summed E-state index contributed by atoms with van der Waals surface area (Å²) in [6.45, 7) is 1.88. The second-order valence-electron chi connectivity index (χ2n) is 6.80. The minimum absolute atomic E-state index is 0.0922. The number of aromatic nitrogens is 5. The van der Waals surface area contributed by atoms with Gasteiger partial charge in [-0.25, -0.2) is 0 Å². The zero-order chi connectivity index (χ0) is 21.6. The standard InChI is InChI=1S/C22H19N7O2/c1-15-8-10-17(11-9-15)24-20(30)14-29-27-21(26-28-29)18-6-2-3-7-19(18)25-22(31)16-5-4-12-23-13-16/h2-13H,14H2,1H3,(H,24,30)(H,25,31). The highest BCUT2D eigenvalue weighted by Gasteiger charge is 2.15. The molecule has 2 aromatic carbocycles. The molecule has 9 nitrogen and oxygen atoms in total. The lowest BCUT2D eigenvalue weighted by molar-refractivity contribution is -0.117. The Morgan fingerprint density at radius 2 is 1.77 bits per heavy atom. The summed E-state index contributed by atoms with van der Waals surface area (Å²) < 4.78 is 0. The van der Waals surface area contributed by atoms with E-state index in [9.17, 15) is 9.59 Å². The molecule has 0 spiro atoms. The molecule has 2 aromatic heterocycles. The Hall–Kier alpha value is -4.40. The van der Waals surface area contributed by atoms with Crippen LogP contribution in [0.3, 0.4) is 0 Å². The molecule has 0 aliphatic rings. The minimum atomic E-state index is -0.301. The zero-order valence-electron chi connectivity index (χ0n) is 16.7. The van der Waals surface area contributed by atoms with E-state index in [0.29, 0.717) is 28.3 Å². The van der Waals surface area contributed by atoms with Crippen LogP contribution in [-0.2, 0) is 11.3 Å². The third kappa shape index (κ3) is 4.96. The van der Waals surface area contributed by atoms with E-state index in [-0.39, 0.29) is 18.4 Å². The lowest BCUT2D eigenvalue weighted by Crippen LogP contribution is -2.20. The van der Waals surface area contributed by atoms with Crippen molar-refractivity contribution in [3.05, 3.63) is 84.2 Å². The van der Waals surface area contributed by atoms with E-state index in [1.54, 1.807) is 42.6 Å². The molecular weight excluding hydrogens is 394 g/mol. The number of carbonyl (C=O) groups is 2. The van der Waals surface area contributed by atoms with Gasteiger partial charge in [0, 0.05) is 23.6 Å². The molecule has 9 heteroatoms. The van der Waals surface area contributed by atoms with E-state index in [0.717, 1.165) is 5.56 Å². The number of pyridine rings is 1. The molecule has 0 aliphatic carbocycles. The second-order valence-corrected chi connectivity index (χ2v) is 6.80. The van der Waals surface area contributed by atoms with Crippen LogP contribution in [0.15, 0.2) is 73.1 Å². The molecule has 2 N–H and O–H groups in total. The van der Waals surface area contributed by atoms with E-state index in [1.807, 2.05) is 31.2 Å². The first-order chi connectivity index (χ1) is 15.1. The number of anilines is 2. The Morgan fingerprint density at radius 3 is 2.55 bits per heavy atom. The van der Waals surface area contributed by atoms with Crippen LogP contribution in [0.2, 0.25) is 0 Å². The average Bonchev–Trinajstić information content (AvgIpc) is 3.24. The van der Waals surface area contributed by atoms with Crippen LogP contribution >= 0.6 is 0 Å². The van der Waals surface area contributed by atoms with Crippen molar-refractivity contribution in [2.45, 2.75) is 13.5 Å². The van der Waals surface area contributed by atoms with Crippen molar-refractivity contribution < 1.29 is 9.59 Å². The van der Waals surface area contributed by atoms with Gasteiger partial charge in [0.1, 0.15) is 6.54 Å². The molecule has 0 unspecified atom stereocenters. The molecule has 31 heavy (non-hydrogen) atoms. The van der Waals surface area contributed by atoms with Crippen LogP contribution in [0.5, 0.6) is 0 Å². The molecule has 0 aliphatic heterocycles. The number of para-hydroxylation sites is 1. The first-order valence-electron chi connectivity index (χ1n) is 9.53. The van der Waals surface area contributed by atoms with Gasteiger partial charge in [0.05, 0.1) is 11.3 Å². The fourth-order valence-corrected chi connectivity index (χ4v) is 2.86. The number of tetrazole rings is 1. The van der Waals surface area contributed by atoms with Crippen LogP contribution in [0.25, 0.3) is 11.4 Å². The lowest BCUT2D eigenvalue weighted by atomic mass is 10.1. The van der Waals surface area contributed by atoms with Gasteiger partial charge in [-0.05, 0) is 48.5 Å². The van der Waals surface area contributed by atoms with E-state index in [4.69, 9.17) is 0 Å². The molecule has 0 bridgehead atoms. The molecule has 0 fully saturated rings. The molecule has 0 atom stereocenters. The summed E-state index contributed by atoms with van der Waals surface area (Å²) in [7, 11) is 0. The SMILES string of the molecule is Cc1ccc(NC(=O)Cn2nnc(-c3ccccc3NC(=O)c3cccnc3)n2)cc1. The molecule has 0 saturated carbocycles. The van der Waals surface area contributed by atoms with Crippen molar-refractivity contribution in [1.29, 1.82) is 0 Å². The molecule has 154 valence electrons. The number of benzene rings is 2. The van der Waals surface area contributed by atoms with Crippen LogP contribution < -0.4 is 10.6 Å². The quantitative estimate of drug-likeness (QED) is 0.502. The Morgan fingerprint density at radius 1 is 0.968 bits per heavy atom. The summed E-state index contributed by atoms with van der Waals surface area (Å²) in [5.74, 6) is -0.276. The summed E-state index contributed by atoms with van der Waals surface area (Å²) in [6, 6.07) is 18.0. The molecular formula is C22H19N7O2. The topological polar surface area (TPSA) is 115 Å². The number of hydrogen-bond acceptors (Lipinski definition) is 6. The van der Waals surface area contributed by atoms with Crippen molar-refractivity contribution in [2.75, 3.05) is 10.6 Å². The molecule has 0 saturated heterocycles. The molecule has 0 radical (unpaired) electrons. The van der Waals surface area contributed by atoms with Crippen molar-refractivity contribution in [3.63, 3.8) is 0 Å². The normalized spacial score (nSPS) is 10.5. The minimum Gasteiger partial charge on any atom is -0.324 e. The smallest absolute Gasteiger partial charge is 0.257 e. The first kappa shape index (κ1) is 19.9. The molecule has 4 rings (SSSR count). The third-order valence-electron chi connectivity index (χ3n) is 4.41. The summed E-state index contributed by atoms with van der Waals surface area (Å²) in [6.07, 6.45) is 3.08. The Kier molecular flexibility index (Phi) is 5.75. The third-order valence-corrected chi connectivity index (χ3v) is 4.41. The first-order valence-corrected chi connectivity index (χ1v) is 9.53. The van der Waals surface area contributed by atoms with E-state index in [1.165, 1.54) is 11.0 Å². The summed E-state index contributed by atoms with van der Waals surface area (Å²) in [5.41, 5.74) is 3.35. The molecule has 2 amide bonds. The van der Waals surface area contributed by atoms with Gasteiger partial charge in [0.2, 0.25) is 11.7 Å². The summed E-state index contributed by atoms with van der Waals surface area (Å²) >= 11 is 0. The molecule has 2 heterocycles. The zero-order valence-corrected chi connectivity index (χ0v) is 16.7. The van der Waals surface area contributed by atoms with Gasteiger partial charge in [-0.2, -0.15) is 4.80 Å². The lowest BCUT2D eigenvalue weighted by Gasteiger charge is -2.08. The van der Waals surface area contributed by atoms with Gasteiger partial charge >= 0.3 is 0 Å². The predicted molar refractivity (Wildman–Crippen MR) is 115 cm³/mol. The Bertz CT molecular complexity index is 1200. The van der Waals surface area contributed by atoms with Crippen molar-refractivity contribution >= 4 is 23.2 Å². The van der Waals surface area contributed by atoms with Crippen molar-refractivity contribution in [1.82, 2.24) is 25.2 Å². The highest BCUT2D eigenvalue weighted by molar-refractivity contribution is 6.05. The fourth-order valence-electron chi connectivity index (χ4n) is 2.86. The van der Waals surface area contributed by atoms with Gasteiger partial charge in [0.25, 0.3) is 5.91 Å². The maximum atomic E-state index is 12.5. The fraction of sp³-hybridized carbons (Fsp3) is 0.0909. The summed E-state index contributed by atoms with van der Waals surface area (Å²) in [5, 5.41) is 17.9. The number of aryl methyl sites for hydroxylation is 1. The van der Waals surface area contributed by atoms with Gasteiger partial charge in [-0.3, -0.25) is 14.6 Å². The van der Waals surface area contributed by atoms with Gasteiger partial charge in [-0.1, -0.05) is 29.8 Å². The number of amides is 2. The Balaban J connectivity index is 1.47. The van der Waals surface area contributed by atoms with Crippen molar-refractivity contribution in [3.8, 4) is 11.4 Å².